The maximum absolute atomic E-state index is 13.8. The molecule has 0 bridgehead atoms. The molecule has 0 unspecified atom stereocenters. The molecule has 3 N–H and O–H groups in total. The highest BCUT2D eigenvalue weighted by molar-refractivity contribution is 6.32. The number of ketones is 2. The summed E-state index contributed by atoms with van der Waals surface area (Å²) in [6, 6.07) is 30.3. The Balaban J connectivity index is 1.65. The first-order chi connectivity index (χ1) is 20.4. The fourth-order valence-corrected chi connectivity index (χ4v) is 4.41. The quantitative estimate of drug-likeness (QED) is 0.158. The third-order valence-corrected chi connectivity index (χ3v) is 7.01. The number of carbonyl (C=O) groups excluding carboxylic acids is 3. The van der Waals surface area contributed by atoms with Gasteiger partial charge in [0.25, 0.3) is 5.91 Å². The zero-order valence-corrected chi connectivity index (χ0v) is 24.2. The van der Waals surface area contributed by atoms with Crippen LogP contribution >= 0.6 is 0 Å². The lowest BCUT2D eigenvalue weighted by molar-refractivity contribution is -0.146. The predicted molar refractivity (Wildman–Crippen MR) is 166 cm³/mol. The highest BCUT2D eigenvalue weighted by Gasteiger charge is 2.20. The molecule has 1 amide bonds. The number of benzene rings is 4. The van der Waals surface area contributed by atoms with Gasteiger partial charge in [-0.3, -0.25) is 14.4 Å². The number of nitrogens with one attached hydrogen (secondary N) is 1. The molecule has 0 aliphatic carbocycles. The van der Waals surface area contributed by atoms with Crippen molar-refractivity contribution in [1.82, 2.24) is 5.32 Å². The van der Waals surface area contributed by atoms with Crippen LogP contribution in [0.2, 0.25) is 0 Å². The van der Waals surface area contributed by atoms with Crippen LogP contribution in [0.5, 0.6) is 0 Å². The molecule has 218 valence electrons. The molecule has 0 radical (unpaired) electrons. The first kappa shape index (κ1) is 30.8. The number of amides is 1. The Morgan fingerprint density at radius 1 is 0.698 bits per heavy atom. The van der Waals surface area contributed by atoms with Crippen molar-refractivity contribution in [3.63, 3.8) is 0 Å². The minimum absolute atomic E-state index is 0.0713. The van der Waals surface area contributed by atoms with Crippen LogP contribution in [0.4, 0.5) is 0 Å². The van der Waals surface area contributed by atoms with Gasteiger partial charge in [0, 0.05) is 22.3 Å². The zero-order valence-electron chi connectivity index (χ0n) is 24.2. The highest BCUT2D eigenvalue weighted by Crippen LogP contribution is 2.27. The van der Waals surface area contributed by atoms with Crippen molar-refractivity contribution in [3.8, 4) is 11.1 Å². The van der Waals surface area contributed by atoms with Gasteiger partial charge < -0.3 is 15.5 Å². The first-order valence-corrected chi connectivity index (χ1v) is 13.8. The van der Waals surface area contributed by atoms with Crippen molar-refractivity contribution >= 4 is 29.0 Å². The molecule has 0 fully saturated rings. The predicted octanol–water partition coefficient (Wildman–Crippen LogP) is 5.98. The summed E-state index contributed by atoms with van der Waals surface area (Å²) < 4.78 is 0. The normalized spacial score (nSPS) is 12.3. The molecule has 0 heterocycles. The third kappa shape index (κ3) is 7.78. The number of Topliss-reactive ketones (excluding diaryl/α,β-unsaturated/α-hetero) is 1. The maximum Gasteiger partial charge on any atom is 0.334 e. The second kappa shape index (κ2) is 13.2. The van der Waals surface area contributed by atoms with E-state index < -0.39 is 30.3 Å². The number of carbonyl (C=O) groups is 4. The molecule has 0 spiro atoms. The van der Waals surface area contributed by atoms with Crippen LogP contribution in [-0.4, -0.2) is 46.3 Å². The summed E-state index contributed by atoms with van der Waals surface area (Å²) in [7, 11) is 0. The SMILES string of the molecule is CC(C)(C)c1ccc(C(=O)C=C(C(=O)c2ccc(C(=O)NC[C@@H](O)C(=O)O)cc2)c2ccc(-c3ccccc3)cc2)cc1. The largest absolute Gasteiger partial charge is 0.479 e. The second-order valence-electron chi connectivity index (χ2n) is 11.2. The van der Waals surface area contributed by atoms with E-state index in [1.54, 1.807) is 24.3 Å². The lowest BCUT2D eigenvalue weighted by Crippen LogP contribution is -2.36. The van der Waals surface area contributed by atoms with E-state index in [4.69, 9.17) is 5.11 Å². The van der Waals surface area contributed by atoms with Crippen molar-refractivity contribution in [2.45, 2.75) is 32.3 Å². The van der Waals surface area contributed by atoms with E-state index in [0.29, 0.717) is 11.1 Å². The Hall–Kier alpha value is -5.14. The van der Waals surface area contributed by atoms with E-state index >= 15 is 0 Å². The number of hydrogen-bond donors (Lipinski definition) is 3. The minimum Gasteiger partial charge on any atom is -0.479 e. The van der Waals surface area contributed by atoms with E-state index in [0.717, 1.165) is 16.7 Å². The fourth-order valence-electron chi connectivity index (χ4n) is 4.41. The van der Waals surface area contributed by atoms with Gasteiger partial charge in [0.2, 0.25) is 0 Å². The van der Waals surface area contributed by atoms with Crippen molar-refractivity contribution in [3.05, 3.63) is 137 Å². The molecule has 7 heteroatoms. The van der Waals surface area contributed by atoms with Gasteiger partial charge in [-0.2, -0.15) is 0 Å². The molecule has 43 heavy (non-hydrogen) atoms. The van der Waals surface area contributed by atoms with Crippen LogP contribution in [0.1, 0.15) is 63.0 Å². The summed E-state index contributed by atoms with van der Waals surface area (Å²) in [5, 5.41) is 20.5. The molecule has 0 saturated carbocycles. The zero-order chi connectivity index (χ0) is 31.1. The molecule has 0 aliphatic rings. The minimum atomic E-state index is -1.73. The van der Waals surface area contributed by atoms with E-state index in [-0.39, 0.29) is 27.9 Å². The summed E-state index contributed by atoms with van der Waals surface area (Å²) in [6.07, 6.45) is -0.382. The molecular formula is C36H33NO6. The Kier molecular flexibility index (Phi) is 9.48. The molecular weight excluding hydrogens is 542 g/mol. The third-order valence-electron chi connectivity index (χ3n) is 7.01. The number of carboxylic acids is 1. The maximum atomic E-state index is 13.8. The van der Waals surface area contributed by atoms with Crippen molar-refractivity contribution < 1.29 is 29.4 Å². The van der Waals surface area contributed by atoms with E-state index in [1.807, 2.05) is 54.6 Å². The van der Waals surface area contributed by atoms with E-state index in [1.165, 1.54) is 30.3 Å². The fraction of sp³-hybridized carbons (Fsp3) is 0.167. The summed E-state index contributed by atoms with van der Waals surface area (Å²) in [4.78, 5) is 50.4. The summed E-state index contributed by atoms with van der Waals surface area (Å²) in [5.74, 6) is -2.76. The van der Waals surface area contributed by atoms with Gasteiger partial charge in [-0.05, 0) is 45.9 Å². The van der Waals surface area contributed by atoms with Crippen LogP contribution < -0.4 is 5.32 Å². The number of aliphatic hydroxyl groups is 1. The number of aliphatic hydroxyl groups excluding tert-OH is 1. The van der Waals surface area contributed by atoms with Gasteiger partial charge in [0.15, 0.2) is 17.7 Å². The molecule has 7 nitrogen and oxygen atoms in total. The molecule has 0 aromatic heterocycles. The molecule has 4 aromatic rings. The highest BCUT2D eigenvalue weighted by atomic mass is 16.4. The van der Waals surface area contributed by atoms with Gasteiger partial charge in [-0.15, -0.1) is 0 Å². The van der Waals surface area contributed by atoms with Crippen LogP contribution in [0.25, 0.3) is 16.7 Å². The van der Waals surface area contributed by atoms with Crippen LogP contribution in [0.15, 0.2) is 109 Å². The van der Waals surface area contributed by atoms with Gasteiger partial charge in [0.05, 0.1) is 6.54 Å². The molecule has 4 aromatic carbocycles. The summed E-state index contributed by atoms with van der Waals surface area (Å²) >= 11 is 0. The van der Waals surface area contributed by atoms with Crippen LogP contribution in [0.3, 0.4) is 0 Å². The number of hydrogen-bond acceptors (Lipinski definition) is 5. The first-order valence-electron chi connectivity index (χ1n) is 13.8. The topological polar surface area (TPSA) is 121 Å². The number of carboxylic acid groups (broad SMARTS) is 1. The van der Waals surface area contributed by atoms with E-state index in [2.05, 4.69) is 26.1 Å². The molecule has 0 saturated heterocycles. The van der Waals surface area contributed by atoms with Gasteiger partial charge >= 0.3 is 5.97 Å². The van der Waals surface area contributed by atoms with Crippen molar-refractivity contribution in [2.24, 2.45) is 0 Å². The second-order valence-corrected chi connectivity index (χ2v) is 11.2. The Labute approximate surface area is 250 Å². The summed E-state index contributed by atoms with van der Waals surface area (Å²) in [6.45, 7) is 5.81. The molecule has 0 aliphatic heterocycles. The number of allylic oxidation sites excluding steroid dienone is 2. The van der Waals surface area contributed by atoms with Gasteiger partial charge in [-0.1, -0.05) is 112 Å². The molecule has 1 atom stereocenters. The Bertz CT molecular complexity index is 1650. The lowest BCUT2D eigenvalue weighted by atomic mass is 9.86. The number of rotatable bonds is 10. The number of aliphatic carboxylic acids is 1. The standard InChI is InChI=1S/C36H33NO6/c1-36(2,3)29-19-17-26(18-20-29)31(38)21-30(25-11-9-24(10-12-25)23-7-5-4-6-8-23)33(40)27-13-15-28(16-14-27)34(41)37-22-32(39)35(42)43/h4-21,32,39H,22H2,1-3H3,(H,37,41)(H,42,43)/t32-/m1/s1. The van der Waals surface area contributed by atoms with Crippen LogP contribution in [0, 0.1) is 0 Å². The average Bonchev–Trinajstić information content (AvgIpc) is 3.02. The summed E-state index contributed by atoms with van der Waals surface area (Å²) in [5.41, 5.74) is 4.66. The molecule has 4 rings (SSSR count). The van der Waals surface area contributed by atoms with E-state index in [9.17, 15) is 24.3 Å². The Morgan fingerprint density at radius 2 is 1.21 bits per heavy atom. The van der Waals surface area contributed by atoms with Crippen LogP contribution in [-0.2, 0) is 10.2 Å². The lowest BCUT2D eigenvalue weighted by Gasteiger charge is -2.18. The average molecular weight is 576 g/mol. The van der Waals surface area contributed by atoms with Gasteiger partial charge in [0.1, 0.15) is 0 Å². The van der Waals surface area contributed by atoms with Crippen molar-refractivity contribution in [1.29, 1.82) is 0 Å². The Morgan fingerprint density at radius 3 is 1.77 bits per heavy atom. The van der Waals surface area contributed by atoms with Crippen molar-refractivity contribution in [2.75, 3.05) is 6.54 Å². The van der Waals surface area contributed by atoms with Gasteiger partial charge in [-0.25, -0.2) is 4.79 Å². The smallest absolute Gasteiger partial charge is 0.334 e. The monoisotopic (exact) mass is 575 g/mol.